The van der Waals surface area contributed by atoms with E-state index in [9.17, 15) is 9.18 Å². The van der Waals surface area contributed by atoms with Gasteiger partial charge >= 0.3 is 0 Å². The molecule has 1 aromatic carbocycles. The number of methoxy groups -OCH3 is 1. The fourth-order valence-electron chi connectivity index (χ4n) is 0.994. The van der Waals surface area contributed by atoms with Gasteiger partial charge in [-0.25, -0.2) is 4.39 Å². The summed E-state index contributed by atoms with van der Waals surface area (Å²) in [4.78, 5) is 11.2. The average molecular weight is 212 g/mol. The van der Waals surface area contributed by atoms with Gasteiger partial charge in [0.15, 0.2) is 11.6 Å². The molecule has 0 saturated heterocycles. The summed E-state index contributed by atoms with van der Waals surface area (Å²) in [6.45, 7) is 1.57. The Morgan fingerprint density at radius 2 is 2.27 bits per heavy atom. The number of rotatable bonds is 3. The van der Waals surface area contributed by atoms with Crippen LogP contribution in [-0.4, -0.2) is 19.1 Å². The Morgan fingerprint density at radius 3 is 2.80 bits per heavy atom. The molecule has 1 aromatic rings. The van der Waals surface area contributed by atoms with Crippen molar-refractivity contribution in [3.63, 3.8) is 0 Å². The summed E-state index contributed by atoms with van der Waals surface area (Å²) in [5, 5.41) is 2.53. The number of nitrogens with two attached hydrogens (primary N) is 1. The molecule has 0 aliphatic heterocycles. The molecule has 0 fully saturated rings. The molecule has 3 N–H and O–H groups in total. The molecule has 0 aliphatic carbocycles. The van der Waals surface area contributed by atoms with E-state index in [0.717, 1.165) is 0 Å². The minimum atomic E-state index is -0.610. The molecule has 1 atom stereocenters. The molecule has 0 unspecified atom stereocenters. The second kappa shape index (κ2) is 4.75. The van der Waals surface area contributed by atoms with Crippen LogP contribution in [0.5, 0.6) is 5.75 Å². The Labute approximate surface area is 87.2 Å². The molecule has 0 bridgehead atoms. The summed E-state index contributed by atoms with van der Waals surface area (Å²) in [5.41, 5.74) is 5.82. The van der Waals surface area contributed by atoms with Gasteiger partial charge in [-0.2, -0.15) is 0 Å². The van der Waals surface area contributed by atoms with Crippen LogP contribution in [0.2, 0.25) is 0 Å². The van der Waals surface area contributed by atoms with E-state index < -0.39 is 11.9 Å². The topological polar surface area (TPSA) is 64.3 Å². The van der Waals surface area contributed by atoms with Crippen LogP contribution in [0.1, 0.15) is 6.92 Å². The van der Waals surface area contributed by atoms with Crippen LogP contribution < -0.4 is 15.8 Å². The van der Waals surface area contributed by atoms with Crippen LogP contribution in [-0.2, 0) is 4.79 Å². The molecule has 5 heteroatoms. The maximum Gasteiger partial charge on any atom is 0.241 e. The molecular weight excluding hydrogens is 199 g/mol. The van der Waals surface area contributed by atoms with Gasteiger partial charge in [0.1, 0.15) is 0 Å². The van der Waals surface area contributed by atoms with Crippen LogP contribution in [0.3, 0.4) is 0 Å². The van der Waals surface area contributed by atoms with Gasteiger partial charge in [-0.1, -0.05) is 0 Å². The fourth-order valence-corrected chi connectivity index (χ4v) is 0.994. The first-order valence-electron chi connectivity index (χ1n) is 4.44. The lowest BCUT2D eigenvalue weighted by Gasteiger charge is -2.09. The highest BCUT2D eigenvalue weighted by Crippen LogP contribution is 2.21. The molecular formula is C10H13FN2O2. The van der Waals surface area contributed by atoms with Crippen molar-refractivity contribution in [2.24, 2.45) is 5.73 Å². The van der Waals surface area contributed by atoms with E-state index in [1.807, 2.05) is 0 Å². The second-order valence-corrected chi connectivity index (χ2v) is 3.13. The standard InChI is InChI=1S/C10H13FN2O2/c1-6(12)10(14)13-7-3-4-8(11)9(5-7)15-2/h3-6H,12H2,1-2H3,(H,13,14)/t6-/m1/s1. The SMILES string of the molecule is COc1cc(NC(=O)[C@@H](C)N)ccc1F. The Hall–Kier alpha value is -1.62. The molecule has 0 radical (unpaired) electrons. The van der Waals surface area contributed by atoms with Crippen molar-refractivity contribution in [1.29, 1.82) is 0 Å². The zero-order valence-electron chi connectivity index (χ0n) is 8.58. The van der Waals surface area contributed by atoms with E-state index in [1.165, 1.54) is 25.3 Å². The van der Waals surface area contributed by atoms with E-state index >= 15 is 0 Å². The number of amides is 1. The third-order valence-corrected chi connectivity index (χ3v) is 1.83. The number of carbonyl (C=O) groups excluding carboxylic acids is 1. The monoisotopic (exact) mass is 212 g/mol. The third-order valence-electron chi connectivity index (χ3n) is 1.83. The van der Waals surface area contributed by atoms with Gasteiger partial charge in [0.05, 0.1) is 13.2 Å². The van der Waals surface area contributed by atoms with Crippen molar-refractivity contribution in [3.8, 4) is 5.75 Å². The lowest BCUT2D eigenvalue weighted by molar-refractivity contribution is -0.117. The van der Waals surface area contributed by atoms with Gasteiger partial charge in [-0.3, -0.25) is 4.79 Å². The average Bonchev–Trinajstić information content (AvgIpc) is 2.20. The molecule has 0 spiro atoms. The minimum Gasteiger partial charge on any atom is -0.494 e. The summed E-state index contributed by atoms with van der Waals surface area (Å²) in [6.07, 6.45) is 0. The number of nitrogens with one attached hydrogen (secondary N) is 1. The highest BCUT2D eigenvalue weighted by atomic mass is 19.1. The van der Waals surface area contributed by atoms with Gasteiger partial charge < -0.3 is 15.8 Å². The molecule has 15 heavy (non-hydrogen) atoms. The van der Waals surface area contributed by atoms with Gasteiger partial charge in [0.2, 0.25) is 5.91 Å². The number of ether oxygens (including phenoxy) is 1. The van der Waals surface area contributed by atoms with Crippen molar-refractivity contribution in [2.75, 3.05) is 12.4 Å². The minimum absolute atomic E-state index is 0.0810. The number of benzene rings is 1. The van der Waals surface area contributed by atoms with E-state index in [1.54, 1.807) is 6.92 Å². The first-order valence-corrected chi connectivity index (χ1v) is 4.44. The summed E-state index contributed by atoms with van der Waals surface area (Å²) < 4.78 is 17.8. The fraction of sp³-hybridized carbons (Fsp3) is 0.300. The number of carbonyl (C=O) groups is 1. The molecule has 0 heterocycles. The zero-order valence-corrected chi connectivity index (χ0v) is 8.58. The number of hydrogen-bond donors (Lipinski definition) is 2. The number of anilines is 1. The molecule has 0 saturated carbocycles. The lowest BCUT2D eigenvalue weighted by Crippen LogP contribution is -2.32. The van der Waals surface area contributed by atoms with Crippen molar-refractivity contribution in [2.45, 2.75) is 13.0 Å². The predicted octanol–water partition coefficient (Wildman–Crippen LogP) is 1.12. The smallest absolute Gasteiger partial charge is 0.241 e. The van der Waals surface area contributed by atoms with Crippen LogP contribution in [0.15, 0.2) is 18.2 Å². The third kappa shape index (κ3) is 2.92. The van der Waals surface area contributed by atoms with E-state index in [2.05, 4.69) is 5.32 Å². The van der Waals surface area contributed by atoms with Crippen LogP contribution in [0, 0.1) is 5.82 Å². The summed E-state index contributed by atoms with van der Waals surface area (Å²) in [6, 6.07) is 3.45. The maximum absolute atomic E-state index is 13.0. The highest BCUT2D eigenvalue weighted by molar-refractivity contribution is 5.94. The second-order valence-electron chi connectivity index (χ2n) is 3.13. The van der Waals surface area contributed by atoms with Gasteiger partial charge in [-0.15, -0.1) is 0 Å². The quantitative estimate of drug-likeness (QED) is 0.789. The van der Waals surface area contributed by atoms with Gasteiger partial charge in [0, 0.05) is 11.8 Å². The zero-order chi connectivity index (χ0) is 11.4. The van der Waals surface area contributed by atoms with Crippen molar-refractivity contribution >= 4 is 11.6 Å². The van der Waals surface area contributed by atoms with Crippen LogP contribution >= 0.6 is 0 Å². The molecule has 4 nitrogen and oxygen atoms in total. The predicted molar refractivity (Wildman–Crippen MR) is 55.2 cm³/mol. The van der Waals surface area contributed by atoms with Gasteiger partial charge in [-0.05, 0) is 19.1 Å². The molecule has 1 rings (SSSR count). The molecule has 0 aromatic heterocycles. The Bertz CT molecular complexity index is 366. The maximum atomic E-state index is 13.0. The largest absolute Gasteiger partial charge is 0.494 e. The Balaban J connectivity index is 2.83. The Morgan fingerprint density at radius 1 is 1.60 bits per heavy atom. The van der Waals surface area contributed by atoms with Crippen molar-refractivity contribution in [1.82, 2.24) is 0 Å². The van der Waals surface area contributed by atoms with Crippen LogP contribution in [0.25, 0.3) is 0 Å². The summed E-state index contributed by atoms with van der Waals surface area (Å²) >= 11 is 0. The van der Waals surface area contributed by atoms with E-state index in [4.69, 9.17) is 10.5 Å². The molecule has 82 valence electrons. The summed E-state index contributed by atoms with van der Waals surface area (Å²) in [7, 11) is 1.36. The molecule has 1 amide bonds. The van der Waals surface area contributed by atoms with Crippen molar-refractivity contribution in [3.05, 3.63) is 24.0 Å². The summed E-state index contributed by atoms with van der Waals surface area (Å²) in [5.74, 6) is -0.725. The Kier molecular flexibility index (Phi) is 3.62. The highest BCUT2D eigenvalue weighted by Gasteiger charge is 2.09. The van der Waals surface area contributed by atoms with E-state index in [0.29, 0.717) is 5.69 Å². The van der Waals surface area contributed by atoms with Gasteiger partial charge in [0.25, 0.3) is 0 Å². The normalized spacial score (nSPS) is 12.0. The first kappa shape index (κ1) is 11.5. The van der Waals surface area contributed by atoms with Crippen LogP contribution in [0.4, 0.5) is 10.1 Å². The van der Waals surface area contributed by atoms with E-state index in [-0.39, 0.29) is 11.7 Å². The first-order chi connectivity index (χ1) is 7.04. The lowest BCUT2D eigenvalue weighted by atomic mass is 10.2. The number of hydrogen-bond acceptors (Lipinski definition) is 3. The van der Waals surface area contributed by atoms with Crippen molar-refractivity contribution < 1.29 is 13.9 Å². The molecule has 0 aliphatic rings. The number of halogens is 1.